The molecule has 1 aliphatic carbocycles. The number of likely N-dealkylation sites (tertiary alicyclic amines) is 1. The number of aliphatic hydroxyl groups is 1. The van der Waals surface area contributed by atoms with Crippen molar-refractivity contribution in [2.45, 2.75) is 51.9 Å². The first-order valence-corrected chi connectivity index (χ1v) is 9.66. The van der Waals surface area contributed by atoms with Crippen LogP contribution in [0.25, 0.3) is 0 Å². The number of amides is 2. The fourth-order valence-electron chi connectivity index (χ4n) is 3.72. The van der Waals surface area contributed by atoms with Gasteiger partial charge >= 0.3 is 6.03 Å². The summed E-state index contributed by atoms with van der Waals surface area (Å²) in [6.07, 6.45) is 7.88. The standard InChI is InChI=1S/C17H27N3O2S/c1-2-4-12-6-7-14-15(9-12)23-16(18-14)19-17(22)20-8-3-5-13(10-20)11-21/h12-13,21H,2-11H2,1H3,(H,18,19,22)/t12-,13+/m0/s1. The molecule has 0 unspecified atom stereocenters. The van der Waals surface area contributed by atoms with Gasteiger partial charge in [0.15, 0.2) is 5.13 Å². The van der Waals surface area contributed by atoms with Crippen LogP contribution in [0.3, 0.4) is 0 Å². The quantitative estimate of drug-likeness (QED) is 0.886. The lowest BCUT2D eigenvalue weighted by molar-refractivity contribution is 0.136. The van der Waals surface area contributed by atoms with Crippen molar-refractivity contribution in [1.82, 2.24) is 9.88 Å². The van der Waals surface area contributed by atoms with Crippen LogP contribution in [-0.4, -0.2) is 40.7 Å². The number of fused-ring (bicyclic) bond motifs is 1. The van der Waals surface area contributed by atoms with Crippen molar-refractivity contribution in [2.75, 3.05) is 25.0 Å². The molecule has 3 rings (SSSR count). The normalized spacial score (nSPS) is 24.3. The molecule has 0 saturated carbocycles. The fraction of sp³-hybridized carbons (Fsp3) is 0.765. The van der Waals surface area contributed by atoms with Crippen LogP contribution in [0.15, 0.2) is 0 Å². The van der Waals surface area contributed by atoms with Crippen LogP contribution < -0.4 is 5.32 Å². The molecule has 1 aliphatic heterocycles. The second kappa shape index (κ2) is 7.62. The van der Waals surface area contributed by atoms with E-state index in [1.165, 1.54) is 29.8 Å². The van der Waals surface area contributed by atoms with Gasteiger partial charge in [-0.05, 0) is 43.9 Å². The van der Waals surface area contributed by atoms with E-state index in [4.69, 9.17) is 0 Å². The summed E-state index contributed by atoms with van der Waals surface area (Å²) in [7, 11) is 0. The van der Waals surface area contributed by atoms with Crippen LogP contribution in [0.1, 0.15) is 49.6 Å². The number of piperidine rings is 1. The van der Waals surface area contributed by atoms with E-state index in [1.54, 1.807) is 11.3 Å². The molecule has 1 fully saturated rings. The molecule has 0 radical (unpaired) electrons. The second-order valence-corrected chi connectivity index (χ2v) is 7.94. The number of nitrogens with one attached hydrogen (secondary N) is 1. The zero-order valence-electron chi connectivity index (χ0n) is 13.9. The number of nitrogens with zero attached hydrogens (tertiary/aromatic N) is 2. The Balaban J connectivity index is 1.59. The van der Waals surface area contributed by atoms with Crippen LogP contribution in [0.2, 0.25) is 0 Å². The maximum atomic E-state index is 12.4. The smallest absolute Gasteiger partial charge is 0.323 e. The highest BCUT2D eigenvalue weighted by Gasteiger charge is 2.26. The van der Waals surface area contributed by atoms with E-state index in [0.717, 1.165) is 43.3 Å². The zero-order chi connectivity index (χ0) is 16.2. The summed E-state index contributed by atoms with van der Waals surface area (Å²) in [5, 5.41) is 13.0. The van der Waals surface area contributed by atoms with Crippen molar-refractivity contribution < 1.29 is 9.90 Å². The van der Waals surface area contributed by atoms with Gasteiger partial charge in [0.1, 0.15) is 0 Å². The van der Waals surface area contributed by atoms with Crippen molar-refractivity contribution in [3.63, 3.8) is 0 Å². The van der Waals surface area contributed by atoms with E-state index in [0.29, 0.717) is 6.54 Å². The third-order valence-corrected chi connectivity index (χ3v) is 6.05. The number of aryl methyl sites for hydroxylation is 1. The first-order chi connectivity index (χ1) is 11.2. The summed E-state index contributed by atoms with van der Waals surface area (Å²) in [6, 6.07) is -0.0700. The number of carbonyl (C=O) groups is 1. The van der Waals surface area contributed by atoms with Crippen LogP contribution in [0.4, 0.5) is 9.93 Å². The first kappa shape index (κ1) is 16.7. The van der Waals surface area contributed by atoms with Crippen molar-refractivity contribution in [1.29, 1.82) is 0 Å². The molecule has 1 aromatic heterocycles. The van der Waals surface area contributed by atoms with Crippen molar-refractivity contribution in [2.24, 2.45) is 11.8 Å². The molecule has 2 heterocycles. The molecule has 23 heavy (non-hydrogen) atoms. The molecule has 2 N–H and O–H groups in total. The number of hydrogen-bond donors (Lipinski definition) is 2. The molecule has 6 heteroatoms. The highest BCUT2D eigenvalue weighted by Crippen LogP contribution is 2.34. The molecule has 2 atom stereocenters. The van der Waals surface area contributed by atoms with Crippen LogP contribution in [0.5, 0.6) is 0 Å². The van der Waals surface area contributed by atoms with Crippen LogP contribution >= 0.6 is 11.3 Å². The Morgan fingerprint density at radius 3 is 3.09 bits per heavy atom. The Bertz CT molecular complexity index is 546. The summed E-state index contributed by atoms with van der Waals surface area (Å²) in [5.74, 6) is 0.998. The monoisotopic (exact) mass is 337 g/mol. The number of aliphatic hydroxyl groups excluding tert-OH is 1. The number of anilines is 1. The molecule has 0 spiro atoms. The minimum absolute atomic E-state index is 0.0700. The highest BCUT2D eigenvalue weighted by molar-refractivity contribution is 7.15. The Hall–Kier alpha value is -1.14. The van der Waals surface area contributed by atoms with E-state index in [9.17, 15) is 9.90 Å². The average molecular weight is 337 g/mol. The molecule has 5 nitrogen and oxygen atoms in total. The topological polar surface area (TPSA) is 65.5 Å². The second-order valence-electron chi connectivity index (χ2n) is 6.85. The molecular weight excluding hydrogens is 310 g/mol. The number of rotatable bonds is 4. The lowest BCUT2D eigenvalue weighted by Gasteiger charge is -2.31. The van der Waals surface area contributed by atoms with Crippen molar-refractivity contribution in [3.8, 4) is 0 Å². The van der Waals surface area contributed by atoms with E-state index in [2.05, 4.69) is 17.2 Å². The number of hydrogen-bond acceptors (Lipinski definition) is 4. The molecule has 1 aromatic rings. The number of urea groups is 1. The Morgan fingerprint density at radius 2 is 2.30 bits per heavy atom. The maximum absolute atomic E-state index is 12.4. The molecular formula is C17H27N3O2S. The van der Waals surface area contributed by atoms with Gasteiger partial charge in [0.2, 0.25) is 0 Å². The van der Waals surface area contributed by atoms with E-state index >= 15 is 0 Å². The molecule has 128 valence electrons. The maximum Gasteiger partial charge on any atom is 0.323 e. The van der Waals surface area contributed by atoms with Gasteiger partial charge in [-0.25, -0.2) is 9.78 Å². The Kier molecular flexibility index (Phi) is 5.54. The minimum atomic E-state index is -0.0700. The fourth-order valence-corrected chi connectivity index (χ4v) is 4.83. The van der Waals surface area contributed by atoms with Crippen molar-refractivity contribution >= 4 is 22.5 Å². The first-order valence-electron chi connectivity index (χ1n) is 8.85. The van der Waals surface area contributed by atoms with Gasteiger partial charge in [0.25, 0.3) is 0 Å². The van der Waals surface area contributed by atoms with Crippen LogP contribution in [-0.2, 0) is 12.8 Å². The third-order valence-electron chi connectivity index (χ3n) is 5.02. The van der Waals surface area contributed by atoms with Crippen LogP contribution in [0, 0.1) is 11.8 Å². The molecule has 0 bridgehead atoms. The predicted octanol–water partition coefficient (Wildman–Crippen LogP) is 3.28. The lowest BCUT2D eigenvalue weighted by atomic mass is 9.88. The van der Waals surface area contributed by atoms with E-state index < -0.39 is 0 Å². The highest BCUT2D eigenvalue weighted by atomic mass is 32.1. The predicted molar refractivity (Wildman–Crippen MR) is 92.9 cm³/mol. The number of carbonyl (C=O) groups excluding carboxylic acids is 1. The Morgan fingerprint density at radius 1 is 1.43 bits per heavy atom. The van der Waals surface area contributed by atoms with E-state index in [1.807, 2.05) is 4.90 Å². The lowest BCUT2D eigenvalue weighted by Crippen LogP contribution is -2.43. The van der Waals surface area contributed by atoms with Gasteiger partial charge in [0, 0.05) is 24.6 Å². The summed E-state index contributed by atoms with van der Waals surface area (Å²) >= 11 is 1.64. The van der Waals surface area contributed by atoms with Gasteiger partial charge in [-0.1, -0.05) is 19.8 Å². The third kappa shape index (κ3) is 4.04. The summed E-state index contributed by atoms with van der Waals surface area (Å²) in [6.45, 7) is 3.82. The molecule has 2 amide bonds. The van der Waals surface area contributed by atoms with Gasteiger partial charge in [-0.15, -0.1) is 11.3 Å². The van der Waals surface area contributed by atoms with Gasteiger partial charge in [-0.2, -0.15) is 0 Å². The summed E-state index contributed by atoms with van der Waals surface area (Å²) in [4.78, 5) is 20.2. The summed E-state index contributed by atoms with van der Waals surface area (Å²) in [5.41, 5.74) is 1.18. The van der Waals surface area contributed by atoms with E-state index in [-0.39, 0.29) is 18.6 Å². The zero-order valence-corrected chi connectivity index (χ0v) is 14.7. The minimum Gasteiger partial charge on any atom is -0.396 e. The average Bonchev–Trinajstić information content (AvgIpc) is 2.96. The van der Waals surface area contributed by atoms with Gasteiger partial charge < -0.3 is 10.0 Å². The van der Waals surface area contributed by atoms with Gasteiger partial charge in [-0.3, -0.25) is 5.32 Å². The largest absolute Gasteiger partial charge is 0.396 e. The Labute approximate surface area is 142 Å². The molecule has 1 saturated heterocycles. The number of aromatic nitrogens is 1. The van der Waals surface area contributed by atoms with Crippen molar-refractivity contribution in [3.05, 3.63) is 10.6 Å². The van der Waals surface area contributed by atoms with Gasteiger partial charge in [0.05, 0.1) is 5.69 Å². The number of thiazole rings is 1. The SMILES string of the molecule is CCC[C@H]1CCc2nc(NC(=O)N3CCC[C@@H](CO)C3)sc2C1. The molecule has 0 aromatic carbocycles. The summed E-state index contributed by atoms with van der Waals surface area (Å²) < 4.78 is 0. The molecule has 2 aliphatic rings.